The zero-order chi connectivity index (χ0) is 8.81. The van der Waals surface area contributed by atoms with Gasteiger partial charge < -0.3 is 10.0 Å². The predicted molar refractivity (Wildman–Crippen MR) is 49.5 cm³/mol. The van der Waals surface area contributed by atoms with Gasteiger partial charge in [-0.1, -0.05) is 42.4 Å². The summed E-state index contributed by atoms with van der Waals surface area (Å²) in [5.41, 5.74) is 1.16. The summed E-state index contributed by atoms with van der Waals surface area (Å²) in [5.74, 6) is 1.35. The zero-order valence-corrected chi connectivity index (χ0v) is 6.72. The van der Waals surface area contributed by atoms with Crippen molar-refractivity contribution in [2.24, 2.45) is 0 Å². The van der Waals surface area contributed by atoms with E-state index in [1.807, 2.05) is 30.3 Å². The van der Waals surface area contributed by atoms with Gasteiger partial charge in [-0.15, -0.1) is 0 Å². The molecule has 0 aliphatic heterocycles. The topological polar surface area (TPSA) is 40.5 Å². The van der Waals surface area contributed by atoms with Crippen molar-refractivity contribution in [3.05, 3.63) is 47.9 Å². The Morgan fingerprint density at radius 1 is 1.17 bits per heavy atom. The molecule has 1 rings (SSSR count). The highest BCUT2D eigenvalue weighted by molar-refractivity contribution is 6.47. The number of rotatable bonds is 3. The van der Waals surface area contributed by atoms with E-state index in [0.29, 0.717) is 0 Å². The Balaban J connectivity index is 2.43. The predicted octanol–water partition coefficient (Wildman–Crippen LogP) is 0.797. The van der Waals surface area contributed by atoms with Crippen molar-refractivity contribution in [2.75, 3.05) is 0 Å². The van der Waals surface area contributed by atoms with Gasteiger partial charge in [-0.2, -0.15) is 0 Å². The van der Waals surface area contributed by atoms with E-state index in [0.717, 1.165) is 12.0 Å². The maximum absolute atomic E-state index is 8.50. The molecule has 0 bridgehead atoms. The third kappa shape index (κ3) is 3.37. The zero-order valence-electron chi connectivity index (χ0n) is 6.72. The molecule has 1 aromatic carbocycles. The van der Waals surface area contributed by atoms with Gasteiger partial charge in [-0.3, -0.25) is 0 Å². The van der Waals surface area contributed by atoms with Crippen molar-refractivity contribution in [2.45, 2.75) is 6.42 Å². The van der Waals surface area contributed by atoms with E-state index in [2.05, 4.69) is 0 Å². The summed E-state index contributed by atoms with van der Waals surface area (Å²) in [7, 11) is -1.34. The summed E-state index contributed by atoms with van der Waals surface area (Å²) in [6, 6.07) is 9.85. The molecule has 2 N–H and O–H groups in total. The maximum Gasteiger partial charge on any atom is 0.480 e. The highest BCUT2D eigenvalue weighted by Gasteiger charge is 1.96. The normalized spacial score (nSPS) is 10.5. The van der Waals surface area contributed by atoms with Crippen LogP contribution in [0.15, 0.2) is 42.4 Å². The van der Waals surface area contributed by atoms with Gasteiger partial charge in [0.05, 0.1) is 0 Å². The van der Waals surface area contributed by atoms with Gasteiger partial charge in [-0.05, 0) is 12.0 Å². The molecule has 3 heteroatoms. The lowest BCUT2D eigenvalue weighted by Gasteiger charge is -1.93. The third-order valence-corrected chi connectivity index (χ3v) is 1.50. The van der Waals surface area contributed by atoms with E-state index in [1.165, 1.54) is 5.98 Å². The van der Waals surface area contributed by atoms with Crippen LogP contribution in [-0.4, -0.2) is 17.2 Å². The minimum Gasteiger partial charge on any atom is -0.424 e. The number of benzene rings is 1. The van der Waals surface area contributed by atoms with E-state index in [9.17, 15) is 0 Å². The first-order chi connectivity index (χ1) is 5.79. The molecule has 0 heterocycles. The summed E-state index contributed by atoms with van der Waals surface area (Å²) in [5, 5.41) is 17.0. The number of hydrogen-bond donors (Lipinski definition) is 2. The van der Waals surface area contributed by atoms with E-state index in [-0.39, 0.29) is 0 Å². The molecule has 0 amide bonds. The van der Waals surface area contributed by atoms with Crippen LogP contribution in [0, 0.1) is 0 Å². The lowest BCUT2D eigenvalue weighted by atomic mass is 9.91. The molecule has 0 aromatic heterocycles. The molecule has 2 nitrogen and oxygen atoms in total. The molecule has 0 saturated carbocycles. The Morgan fingerprint density at radius 3 is 2.42 bits per heavy atom. The standard InChI is InChI=1S/C9H11BO2/c11-10(12)8-4-7-9-5-2-1-3-6-9/h1-6,8,11-12H,7H2/b8-4-. The minimum absolute atomic E-state index is 0.735. The molecule has 0 spiro atoms. The molecule has 0 unspecified atom stereocenters. The lowest BCUT2D eigenvalue weighted by molar-refractivity contribution is 0.424. The van der Waals surface area contributed by atoms with Crippen molar-refractivity contribution in [3.8, 4) is 0 Å². The summed E-state index contributed by atoms with van der Waals surface area (Å²) < 4.78 is 0. The second kappa shape index (κ2) is 4.75. The van der Waals surface area contributed by atoms with Gasteiger partial charge in [0, 0.05) is 0 Å². The molecule has 0 radical (unpaired) electrons. The fraction of sp³-hybridized carbons (Fsp3) is 0.111. The molecule has 0 atom stereocenters. The molecule has 12 heavy (non-hydrogen) atoms. The van der Waals surface area contributed by atoms with E-state index < -0.39 is 7.12 Å². The SMILES string of the molecule is OB(O)/C=C\Cc1ccccc1. The Bertz CT molecular complexity index is 244. The second-order valence-corrected chi connectivity index (χ2v) is 2.53. The van der Waals surface area contributed by atoms with Crippen LogP contribution in [0.25, 0.3) is 0 Å². The van der Waals surface area contributed by atoms with Crippen LogP contribution >= 0.6 is 0 Å². The quantitative estimate of drug-likeness (QED) is 0.645. The number of hydrogen-bond acceptors (Lipinski definition) is 2. The van der Waals surface area contributed by atoms with Gasteiger partial charge in [-0.25, -0.2) is 0 Å². The summed E-state index contributed by atoms with van der Waals surface area (Å²) in [4.78, 5) is 0. The fourth-order valence-electron chi connectivity index (χ4n) is 0.940. The molecular weight excluding hydrogens is 151 g/mol. The van der Waals surface area contributed by atoms with Crippen LogP contribution in [0.4, 0.5) is 0 Å². The Morgan fingerprint density at radius 2 is 1.83 bits per heavy atom. The van der Waals surface area contributed by atoms with Crippen LogP contribution in [-0.2, 0) is 6.42 Å². The minimum atomic E-state index is -1.34. The van der Waals surface area contributed by atoms with E-state index >= 15 is 0 Å². The first-order valence-electron chi connectivity index (χ1n) is 3.86. The van der Waals surface area contributed by atoms with Crippen LogP contribution in [0.5, 0.6) is 0 Å². The third-order valence-electron chi connectivity index (χ3n) is 1.50. The Kier molecular flexibility index (Phi) is 3.58. The van der Waals surface area contributed by atoms with Crippen molar-refractivity contribution >= 4 is 7.12 Å². The second-order valence-electron chi connectivity index (χ2n) is 2.53. The monoisotopic (exact) mass is 162 g/mol. The molecule has 62 valence electrons. The van der Waals surface area contributed by atoms with Gasteiger partial charge >= 0.3 is 7.12 Å². The lowest BCUT2D eigenvalue weighted by Crippen LogP contribution is -2.05. The van der Waals surface area contributed by atoms with Gasteiger partial charge in [0.25, 0.3) is 0 Å². The van der Waals surface area contributed by atoms with Gasteiger partial charge in [0.1, 0.15) is 0 Å². The van der Waals surface area contributed by atoms with Crippen LogP contribution in [0.2, 0.25) is 0 Å². The molecule has 0 aliphatic carbocycles. The molecule has 0 fully saturated rings. The van der Waals surface area contributed by atoms with Crippen molar-refractivity contribution in [1.82, 2.24) is 0 Å². The molecular formula is C9H11BO2. The average Bonchev–Trinajstić information content (AvgIpc) is 2.05. The smallest absolute Gasteiger partial charge is 0.424 e. The summed E-state index contributed by atoms with van der Waals surface area (Å²) in [6.07, 6.45) is 2.47. The summed E-state index contributed by atoms with van der Waals surface area (Å²) >= 11 is 0. The number of allylic oxidation sites excluding steroid dienone is 1. The van der Waals surface area contributed by atoms with E-state index in [1.54, 1.807) is 6.08 Å². The maximum atomic E-state index is 8.50. The largest absolute Gasteiger partial charge is 0.480 e. The first-order valence-corrected chi connectivity index (χ1v) is 3.86. The summed E-state index contributed by atoms with van der Waals surface area (Å²) in [6.45, 7) is 0. The van der Waals surface area contributed by atoms with Crippen molar-refractivity contribution in [1.29, 1.82) is 0 Å². The van der Waals surface area contributed by atoms with Crippen LogP contribution in [0.3, 0.4) is 0 Å². The highest BCUT2D eigenvalue weighted by Crippen LogP contribution is 1.99. The first kappa shape index (κ1) is 9.04. The molecule has 0 aliphatic rings. The highest BCUT2D eigenvalue weighted by atomic mass is 16.4. The van der Waals surface area contributed by atoms with Crippen molar-refractivity contribution in [3.63, 3.8) is 0 Å². The van der Waals surface area contributed by atoms with Gasteiger partial charge in [0.15, 0.2) is 0 Å². The van der Waals surface area contributed by atoms with Crippen LogP contribution < -0.4 is 0 Å². The van der Waals surface area contributed by atoms with Gasteiger partial charge in [0.2, 0.25) is 0 Å². The molecule has 1 aromatic rings. The molecule has 0 saturated heterocycles. The van der Waals surface area contributed by atoms with E-state index in [4.69, 9.17) is 10.0 Å². The van der Waals surface area contributed by atoms with Crippen LogP contribution in [0.1, 0.15) is 5.56 Å². The fourth-order valence-corrected chi connectivity index (χ4v) is 0.940. The van der Waals surface area contributed by atoms with Crippen molar-refractivity contribution < 1.29 is 10.0 Å². The Hall–Kier alpha value is -1.06. The average molecular weight is 162 g/mol. The Labute approximate surface area is 72.3 Å².